The van der Waals surface area contributed by atoms with Crippen LogP contribution in [0.2, 0.25) is 0 Å². The molecule has 0 atom stereocenters. The van der Waals surface area contributed by atoms with Crippen LogP contribution < -0.4 is 25.9 Å². The van der Waals surface area contributed by atoms with Crippen molar-refractivity contribution in [3.05, 3.63) is 95.9 Å². The van der Waals surface area contributed by atoms with Crippen LogP contribution in [0.15, 0.2) is 54.6 Å². The Balaban J connectivity index is 1.69. The van der Waals surface area contributed by atoms with Crippen LogP contribution in [0.1, 0.15) is 37.5 Å². The second kappa shape index (κ2) is 8.78. The second-order valence-corrected chi connectivity index (χ2v) is 10.8. The molecular formula is C24H23F3IO+. The summed E-state index contributed by atoms with van der Waals surface area (Å²) in [5, 5.41) is 0. The number of halogens is 4. The summed E-state index contributed by atoms with van der Waals surface area (Å²) in [4.78, 5) is 0. The zero-order valence-electron chi connectivity index (χ0n) is 16.8. The van der Waals surface area contributed by atoms with Crippen molar-refractivity contribution in [2.45, 2.75) is 39.7 Å². The molecule has 3 rings (SSSR count). The zero-order chi connectivity index (χ0) is 21.2. The number of benzene rings is 3. The van der Waals surface area contributed by atoms with E-state index in [0.29, 0.717) is 17.9 Å². The van der Waals surface area contributed by atoms with Gasteiger partial charge in [-0.15, -0.1) is 0 Å². The highest BCUT2D eigenvalue weighted by molar-refractivity contribution is 5.28. The standard InChI is InChI=1S/C24H23F3IO/c1-15-11-19(29-14-20-21(26)12-17(25)13-22(20)27)9-10-23(15)28-18-7-5-16(6-8-18)24(2,3)4/h5-13H,14H2,1-4H3/q+1. The lowest BCUT2D eigenvalue weighted by Crippen LogP contribution is -3.61. The molecule has 0 bridgehead atoms. The molecule has 1 nitrogen and oxygen atoms in total. The van der Waals surface area contributed by atoms with E-state index >= 15 is 0 Å². The van der Waals surface area contributed by atoms with Crippen LogP contribution in [0.4, 0.5) is 13.2 Å². The van der Waals surface area contributed by atoms with E-state index in [1.165, 1.54) is 12.7 Å². The van der Waals surface area contributed by atoms with Crippen molar-refractivity contribution in [3.8, 4) is 5.75 Å². The summed E-state index contributed by atoms with van der Waals surface area (Å²) in [6.45, 7) is 8.31. The van der Waals surface area contributed by atoms with Crippen molar-refractivity contribution in [1.82, 2.24) is 0 Å². The summed E-state index contributed by atoms with van der Waals surface area (Å²) in [7, 11) is 0. The maximum Gasteiger partial charge on any atom is 0.358 e. The molecular weight excluding hydrogens is 488 g/mol. The fourth-order valence-corrected chi connectivity index (χ4v) is 5.14. The minimum Gasteiger partial charge on any atom is -0.489 e. The molecule has 0 unspecified atom stereocenters. The van der Waals surface area contributed by atoms with Gasteiger partial charge in [-0.2, -0.15) is 0 Å². The summed E-state index contributed by atoms with van der Waals surface area (Å²) in [5.74, 6) is -2.30. The first-order chi connectivity index (χ1) is 13.6. The third-order valence-corrected chi connectivity index (χ3v) is 7.67. The lowest BCUT2D eigenvalue weighted by atomic mass is 9.87. The Labute approximate surface area is 180 Å². The van der Waals surface area contributed by atoms with Gasteiger partial charge in [-0.3, -0.25) is 0 Å². The van der Waals surface area contributed by atoms with Gasteiger partial charge in [0.1, 0.15) is 29.8 Å². The fraction of sp³-hybridized carbons (Fsp3) is 0.250. The van der Waals surface area contributed by atoms with Crippen LogP contribution in [0.3, 0.4) is 0 Å². The first-order valence-electron chi connectivity index (χ1n) is 9.26. The van der Waals surface area contributed by atoms with Crippen LogP contribution in [-0.2, 0) is 12.0 Å². The molecule has 0 spiro atoms. The highest BCUT2D eigenvalue weighted by atomic mass is 127. The predicted molar refractivity (Wildman–Crippen MR) is 104 cm³/mol. The van der Waals surface area contributed by atoms with Crippen molar-refractivity contribution in [3.63, 3.8) is 0 Å². The van der Waals surface area contributed by atoms with E-state index < -0.39 is 17.5 Å². The first kappa shape index (κ1) is 21.7. The fourth-order valence-electron chi connectivity index (χ4n) is 2.81. The Kier molecular flexibility index (Phi) is 6.56. The topological polar surface area (TPSA) is 9.23 Å². The van der Waals surface area contributed by atoms with Gasteiger partial charge < -0.3 is 4.74 Å². The molecule has 152 valence electrons. The zero-order valence-corrected chi connectivity index (χ0v) is 19.0. The van der Waals surface area contributed by atoms with Crippen LogP contribution >= 0.6 is 0 Å². The Morgan fingerprint density at radius 3 is 2.03 bits per heavy atom. The van der Waals surface area contributed by atoms with Gasteiger partial charge in [0.15, 0.2) is 7.14 Å². The Hall–Kier alpha value is -2.02. The van der Waals surface area contributed by atoms with Gasteiger partial charge in [-0.1, -0.05) is 32.9 Å². The quantitative estimate of drug-likeness (QED) is 0.478. The van der Waals surface area contributed by atoms with Crippen molar-refractivity contribution < 1.29 is 39.1 Å². The molecule has 3 aromatic carbocycles. The van der Waals surface area contributed by atoms with E-state index in [9.17, 15) is 13.2 Å². The number of hydrogen-bond donors (Lipinski definition) is 0. The summed E-state index contributed by atoms with van der Waals surface area (Å²) in [6.07, 6.45) is 0. The highest BCUT2D eigenvalue weighted by Crippen LogP contribution is 2.21. The van der Waals surface area contributed by atoms with E-state index in [-0.39, 0.29) is 38.8 Å². The smallest absolute Gasteiger partial charge is 0.358 e. The molecule has 0 radical (unpaired) electrons. The van der Waals surface area contributed by atoms with E-state index in [4.69, 9.17) is 4.74 Å². The summed E-state index contributed by atoms with van der Waals surface area (Å²) in [6, 6.07) is 15.8. The third-order valence-electron chi connectivity index (χ3n) is 4.54. The predicted octanol–water partition coefficient (Wildman–Crippen LogP) is 3.42. The Morgan fingerprint density at radius 2 is 1.48 bits per heavy atom. The van der Waals surface area contributed by atoms with Crippen molar-refractivity contribution in [2.75, 3.05) is 0 Å². The Bertz CT molecular complexity index is 985. The maximum atomic E-state index is 13.7. The van der Waals surface area contributed by atoms with E-state index in [0.717, 1.165) is 5.56 Å². The van der Waals surface area contributed by atoms with Gasteiger partial charge in [0.05, 0.1) is 5.56 Å². The van der Waals surface area contributed by atoms with Gasteiger partial charge in [0.2, 0.25) is 0 Å². The van der Waals surface area contributed by atoms with E-state index in [1.807, 2.05) is 25.1 Å². The van der Waals surface area contributed by atoms with Gasteiger partial charge >= 0.3 is 21.2 Å². The number of rotatable bonds is 5. The second-order valence-electron chi connectivity index (χ2n) is 7.90. The van der Waals surface area contributed by atoms with Gasteiger partial charge in [0.25, 0.3) is 0 Å². The minimum absolute atomic E-state index is 0.134. The SMILES string of the molecule is Cc1cc(OCc2c(F)cc(F)cc2F)ccc1[I+]c1ccc(C(C)(C)C)cc1. The summed E-state index contributed by atoms with van der Waals surface area (Å²) >= 11 is -0.341. The molecule has 0 heterocycles. The molecule has 5 heteroatoms. The molecule has 3 aromatic rings. The Morgan fingerprint density at radius 1 is 0.862 bits per heavy atom. The lowest BCUT2D eigenvalue weighted by molar-refractivity contribution is -0.598. The molecule has 0 aliphatic carbocycles. The molecule has 0 aromatic heterocycles. The maximum absolute atomic E-state index is 13.7. The van der Waals surface area contributed by atoms with Crippen molar-refractivity contribution in [2.24, 2.45) is 0 Å². The molecule has 0 aliphatic rings. The summed E-state index contributed by atoms with van der Waals surface area (Å²) < 4.78 is 48.6. The molecule has 0 N–H and O–H groups in total. The minimum atomic E-state index is -0.944. The van der Waals surface area contributed by atoms with Crippen LogP contribution in [0.5, 0.6) is 5.75 Å². The largest absolute Gasteiger partial charge is 0.489 e. The van der Waals surface area contributed by atoms with Crippen LogP contribution in [-0.4, -0.2) is 0 Å². The van der Waals surface area contributed by atoms with E-state index in [2.05, 4.69) is 45.0 Å². The monoisotopic (exact) mass is 511 g/mol. The van der Waals surface area contributed by atoms with Gasteiger partial charge in [-0.05, 0) is 48.2 Å². The molecule has 0 saturated carbocycles. The molecule has 0 fully saturated rings. The molecule has 0 amide bonds. The van der Waals surface area contributed by atoms with Gasteiger partial charge in [0, 0.05) is 17.7 Å². The van der Waals surface area contributed by atoms with Crippen LogP contribution in [0.25, 0.3) is 0 Å². The third kappa shape index (κ3) is 5.53. The van der Waals surface area contributed by atoms with E-state index in [1.54, 1.807) is 0 Å². The lowest BCUT2D eigenvalue weighted by Gasteiger charge is -2.18. The summed E-state index contributed by atoms with van der Waals surface area (Å²) in [5.41, 5.74) is 2.25. The molecule has 0 saturated heterocycles. The first-order valence-corrected chi connectivity index (χ1v) is 11.4. The van der Waals surface area contributed by atoms with Gasteiger partial charge in [-0.25, -0.2) is 13.2 Å². The number of aryl methyl sites for hydroxylation is 1. The molecule has 0 aliphatic heterocycles. The number of hydrogen-bond acceptors (Lipinski definition) is 1. The average molecular weight is 511 g/mol. The van der Waals surface area contributed by atoms with Crippen molar-refractivity contribution >= 4 is 0 Å². The van der Waals surface area contributed by atoms with Crippen molar-refractivity contribution in [1.29, 1.82) is 0 Å². The van der Waals surface area contributed by atoms with Crippen LogP contribution in [0, 0.1) is 31.5 Å². The average Bonchev–Trinajstić information content (AvgIpc) is 2.62. The number of ether oxygens (including phenoxy) is 1. The molecule has 29 heavy (non-hydrogen) atoms. The highest BCUT2D eigenvalue weighted by Gasteiger charge is 2.21. The normalized spacial score (nSPS) is 11.6.